The maximum atomic E-state index is 13.0. The van der Waals surface area contributed by atoms with E-state index in [0.717, 1.165) is 5.56 Å². The number of benzene rings is 3. The van der Waals surface area contributed by atoms with Crippen LogP contribution in [0.5, 0.6) is 34.5 Å². The van der Waals surface area contributed by atoms with E-state index < -0.39 is 10.0 Å². The Kier molecular flexibility index (Phi) is 8.05. The van der Waals surface area contributed by atoms with Crippen LogP contribution >= 0.6 is 0 Å². The number of hydrogen-bond acceptors (Lipinski definition) is 9. The van der Waals surface area contributed by atoms with E-state index in [9.17, 15) is 13.5 Å². The number of phenols is 1. The van der Waals surface area contributed by atoms with Gasteiger partial charge in [-0.05, 0) is 53.6 Å². The molecule has 0 atom stereocenters. The Hall–Kier alpha value is -4.25. The fraction of sp³-hybridized carbons (Fsp3) is 0.200. The molecule has 0 amide bonds. The number of anilines is 2. The van der Waals surface area contributed by atoms with Crippen LogP contribution in [0.25, 0.3) is 12.2 Å². The molecule has 3 rings (SSSR count). The number of aromatic hydroxyl groups is 1. The molecule has 0 aliphatic heterocycles. The third-order valence-corrected chi connectivity index (χ3v) is 6.59. The summed E-state index contributed by atoms with van der Waals surface area (Å²) in [6.07, 6.45) is 3.48. The van der Waals surface area contributed by atoms with Crippen LogP contribution in [0.2, 0.25) is 0 Å². The molecule has 0 aromatic heterocycles. The molecule has 0 spiro atoms. The van der Waals surface area contributed by atoms with Crippen LogP contribution < -0.4 is 34.1 Å². The Balaban J connectivity index is 1.99. The van der Waals surface area contributed by atoms with Crippen LogP contribution in [0.4, 0.5) is 11.4 Å². The van der Waals surface area contributed by atoms with Gasteiger partial charge in [-0.2, -0.15) is 0 Å². The van der Waals surface area contributed by atoms with Gasteiger partial charge in [-0.25, -0.2) is 8.42 Å². The highest BCUT2D eigenvalue weighted by Gasteiger charge is 2.20. The summed E-state index contributed by atoms with van der Waals surface area (Å²) in [6.45, 7) is 0. The molecule has 0 heterocycles. The molecule has 36 heavy (non-hydrogen) atoms. The minimum atomic E-state index is -4.09. The van der Waals surface area contributed by atoms with E-state index in [4.69, 9.17) is 29.4 Å². The van der Waals surface area contributed by atoms with Crippen LogP contribution in [0.1, 0.15) is 11.1 Å². The molecule has 0 fully saturated rings. The molecule has 11 heteroatoms. The third-order valence-electron chi connectivity index (χ3n) is 5.23. The Labute approximate surface area is 209 Å². The lowest BCUT2D eigenvalue weighted by Gasteiger charge is -2.14. The summed E-state index contributed by atoms with van der Waals surface area (Å²) >= 11 is 0. The lowest BCUT2D eigenvalue weighted by atomic mass is 10.1. The maximum Gasteiger partial charge on any atom is 0.262 e. The van der Waals surface area contributed by atoms with Gasteiger partial charge in [0.15, 0.2) is 23.0 Å². The van der Waals surface area contributed by atoms with Crippen LogP contribution in [0.15, 0.2) is 47.4 Å². The number of nitrogen functional groups attached to an aromatic ring is 1. The largest absolute Gasteiger partial charge is 0.503 e. The first-order valence-electron chi connectivity index (χ1n) is 10.5. The van der Waals surface area contributed by atoms with Crippen molar-refractivity contribution in [3.63, 3.8) is 0 Å². The molecule has 3 aromatic rings. The molecule has 10 nitrogen and oxygen atoms in total. The van der Waals surface area contributed by atoms with Gasteiger partial charge in [-0.15, -0.1) is 0 Å². The van der Waals surface area contributed by atoms with Gasteiger partial charge < -0.3 is 34.5 Å². The van der Waals surface area contributed by atoms with Crippen molar-refractivity contribution in [3.05, 3.63) is 53.6 Å². The molecule has 192 valence electrons. The molecule has 4 N–H and O–H groups in total. The number of sulfonamides is 1. The van der Waals surface area contributed by atoms with Gasteiger partial charge >= 0.3 is 0 Å². The predicted molar refractivity (Wildman–Crippen MR) is 138 cm³/mol. The second-order valence-corrected chi connectivity index (χ2v) is 9.10. The first-order valence-corrected chi connectivity index (χ1v) is 12.0. The number of phenolic OH excluding ortho intramolecular Hbond substituents is 1. The number of methoxy groups -OCH3 is 5. The Bertz CT molecular complexity index is 1360. The Morgan fingerprint density at radius 3 is 1.78 bits per heavy atom. The summed E-state index contributed by atoms with van der Waals surface area (Å²) < 4.78 is 54.8. The fourth-order valence-electron chi connectivity index (χ4n) is 3.43. The summed E-state index contributed by atoms with van der Waals surface area (Å²) in [5, 5.41) is 10.6. The summed E-state index contributed by atoms with van der Waals surface area (Å²) in [7, 11) is 3.26. The standard InChI is InChI=1S/C25H28N2O8S/c1-31-20-9-8-17(14-18(20)26)36(29,30)27-19-10-15(11-21(32-2)24(19)28)6-7-16-12-22(33-3)25(35-5)23(13-16)34-4/h6-14,27-28H,26H2,1-5H3/b7-6-. The van der Waals surface area contributed by atoms with Gasteiger partial charge in [0.2, 0.25) is 5.75 Å². The van der Waals surface area contributed by atoms with E-state index in [1.165, 1.54) is 59.8 Å². The summed E-state index contributed by atoms with van der Waals surface area (Å²) in [5.74, 6) is 1.47. The van der Waals surface area contributed by atoms with Crippen molar-refractivity contribution in [1.29, 1.82) is 0 Å². The first-order chi connectivity index (χ1) is 17.2. The molecule has 0 saturated carbocycles. The highest BCUT2D eigenvalue weighted by Crippen LogP contribution is 2.40. The molecule has 0 unspecified atom stereocenters. The smallest absolute Gasteiger partial charge is 0.262 e. The average Bonchev–Trinajstić information content (AvgIpc) is 2.87. The normalized spacial score (nSPS) is 11.2. The lowest BCUT2D eigenvalue weighted by molar-refractivity contribution is 0.324. The van der Waals surface area contributed by atoms with Gasteiger partial charge in [0, 0.05) is 0 Å². The molecular formula is C25H28N2O8S. The fourth-order valence-corrected chi connectivity index (χ4v) is 4.52. The molecule has 0 aliphatic rings. The summed E-state index contributed by atoms with van der Waals surface area (Å²) in [5.41, 5.74) is 7.21. The number of ether oxygens (including phenoxy) is 5. The van der Waals surface area contributed by atoms with Crippen LogP contribution in [-0.4, -0.2) is 49.1 Å². The van der Waals surface area contributed by atoms with E-state index in [-0.39, 0.29) is 27.8 Å². The van der Waals surface area contributed by atoms with Crippen molar-refractivity contribution in [2.75, 3.05) is 46.0 Å². The van der Waals surface area contributed by atoms with E-state index >= 15 is 0 Å². The van der Waals surface area contributed by atoms with Gasteiger partial charge in [-0.1, -0.05) is 12.2 Å². The summed E-state index contributed by atoms with van der Waals surface area (Å²) in [6, 6.07) is 10.6. The Morgan fingerprint density at radius 1 is 0.750 bits per heavy atom. The van der Waals surface area contributed by atoms with E-state index in [1.807, 2.05) is 0 Å². The van der Waals surface area contributed by atoms with E-state index in [2.05, 4.69) is 4.72 Å². The van der Waals surface area contributed by atoms with Crippen LogP contribution in [-0.2, 0) is 10.0 Å². The van der Waals surface area contributed by atoms with Crippen molar-refractivity contribution >= 4 is 33.6 Å². The lowest BCUT2D eigenvalue weighted by Crippen LogP contribution is -2.14. The summed E-state index contributed by atoms with van der Waals surface area (Å²) in [4.78, 5) is -0.0995. The van der Waals surface area contributed by atoms with Crippen molar-refractivity contribution in [3.8, 4) is 34.5 Å². The van der Waals surface area contributed by atoms with Crippen molar-refractivity contribution < 1.29 is 37.2 Å². The van der Waals surface area contributed by atoms with Gasteiger partial charge in [0.05, 0.1) is 51.8 Å². The zero-order valence-corrected chi connectivity index (χ0v) is 21.3. The number of hydrogen-bond donors (Lipinski definition) is 3. The van der Waals surface area contributed by atoms with Crippen LogP contribution in [0.3, 0.4) is 0 Å². The number of nitrogens with two attached hydrogens (primary N) is 1. The molecular weight excluding hydrogens is 488 g/mol. The zero-order chi connectivity index (χ0) is 26.5. The number of nitrogens with one attached hydrogen (secondary N) is 1. The van der Waals surface area contributed by atoms with Gasteiger partial charge in [0.25, 0.3) is 10.0 Å². The van der Waals surface area contributed by atoms with Crippen molar-refractivity contribution in [2.24, 2.45) is 0 Å². The SMILES string of the molecule is COc1ccc(S(=O)(=O)Nc2cc(/C=C\c3cc(OC)c(OC)c(OC)c3)cc(OC)c2O)cc1N. The van der Waals surface area contributed by atoms with E-state index in [0.29, 0.717) is 28.6 Å². The second-order valence-electron chi connectivity index (χ2n) is 7.42. The highest BCUT2D eigenvalue weighted by atomic mass is 32.2. The quantitative estimate of drug-likeness (QED) is 0.207. The molecule has 0 aliphatic carbocycles. The van der Waals surface area contributed by atoms with Gasteiger partial charge in [0.1, 0.15) is 5.75 Å². The van der Waals surface area contributed by atoms with E-state index in [1.54, 1.807) is 30.4 Å². The van der Waals surface area contributed by atoms with Gasteiger partial charge in [-0.3, -0.25) is 4.72 Å². The molecule has 0 bridgehead atoms. The minimum Gasteiger partial charge on any atom is -0.503 e. The van der Waals surface area contributed by atoms with Crippen molar-refractivity contribution in [1.82, 2.24) is 0 Å². The molecule has 0 radical (unpaired) electrons. The predicted octanol–water partition coefficient (Wildman–Crippen LogP) is 3.99. The van der Waals surface area contributed by atoms with Crippen molar-refractivity contribution in [2.45, 2.75) is 4.90 Å². The zero-order valence-electron chi connectivity index (χ0n) is 20.5. The maximum absolute atomic E-state index is 13.0. The topological polar surface area (TPSA) is 139 Å². The first kappa shape index (κ1) is 26.4. The molecule has 3 aromatic carbocycles. The average molecular weight is 517 g/mol. The minimum absolute atomic E-state index is 0.0757. The number of rotatable bonds is 10. The third kappa shape index (κ3) is 5.52. The Morgan fingerprint density at radius 2 is 1.28 bits per heavy atom. The van der Waals surface area contributed by atoms with Crippen LogP contribution in [0, 0.1) is 0 Å². The monoisotopic (exact) mass is 516 g/mol. The highest BCUT2D eigenvalue weighted by molar-refractivity contribution is 7.92. The molecule has 0 saturated heterocycles. The second kappa shape index (κ2) is 11.0.